The molecule has 6 heteroatoms. The van der Waals surface area contributed by atoms with E-state index in [9.17, 15) is 4.79 Å². The molecule has 112 valence electrons. The molecule has 0 spiro atoms. The molecule has 0 bridgehead atoms. The molecule has 1 aromatic heterocycles. The van der Waals surface area contributed by atoms with E-state index in [1.807, 2.05) is 30.3 Å². The Labute approximate surface area is 123 Å². The summed E-state index contributed by atoms with van der Waals surface area (Å²) in [5.74, 6) is 0.314. The average Bonchev–Trinajstić information content (AvgIpc) is 2.50. The third kappa shape index (κ3) is 4.14. The number of aromatic nitrogens is 2. The second-order valence-corrected chi connectivity index (χ2v) is 4.70. The quantitative estimate of drug-likeness (QED) is 0.599. The first-order valence-electron chi connectivity index (χ1n) is 6.83. The lowest BCUT2D eigenvalue weighted by Gasteiger charge is -2.11. The SMILES string of the molecule is Cc1cnc(NCCc2ccccc2)c(=O)n1CCOO. The first-order chi connectivity index (χ1) is 10.2. The number of aryl methyl sites for hydroxylation is 1. The topological polar surface area (TPSA) is 76.4 Å². The van der Waals surface area contributed by atoms with E-state index in [1.54, 1.807) is 13.1 Å². The van der Waals surface area contributed by atoms with Gasteiger partial charge in [-0.2, -0.15) is 0 Å². The third-order valence-corrected chi connectivity index (χ3v) is 3.21. The van der Waals surface area contributed by atoms with Gasteiger partial charge in [0, 0.05) is 18.4 Å². The smallest absolute Gasteiger partial charge is 0.293 e. The average molecular weight is 289 g/mol. The molecule has 0 aliphatic rings. The number of hydrogen-bond donors (Lipinski definition) is 2. The van der Waals surface area contributed by atoms with E-state index >= 15 is 0 Å². The van der Waals surface area contributed by atoms with Gasteiger partial charge < -0.3 is 9.88 Å². The van der Waals surface area contributed by atoms with Crippen LogP contribution in [0.2, 0.25) is 0 Å². The Morgan fingerprint density at radius 3 is 2.81 bits per heavy atom. The molecule has 1 heterocycles. The van der Waals surface area contributed by atoms with Gasteiger partial charge in [0.1, 0.15) is 0 Å². The van der Waals surface area contributed by atoms with Crippen LogP contribution in [0.1, 0.15) is 11.3 Å². The molecule has 2 aromatic rings. The van der Waals surface area contributed by atoms with Crippen molar-refractivity contribution < 1.29 is 10.1 Å². The molecule has 1 aromatic carbocycles. The molecule has 0 unspecified atom stereocenters. The maximum Gasteiger partial charge on any atom is 0.293 e. The van der Waals surface area contributed by atoms with E-state index < -0.39 is 0 Å². The minimum Gasteiger partial charge on any atom is -0.365 e. The fourth-order valence-electron chi connectivity index (χ4n) is 2.07. The standard InChI is InChI=1S/C15H19N3O3/c1-12-11-17-14(15(19)18(12)9-10-21-20)16-8-7-13-5-3-2-4-6-13/h2-6,11,20H,7-10H2,1H3,(H,16,17). The van der Waals surface area contributed by atoms with Gasteiger partial charge in [-0.05, 0) is 18.9 Å². The largest absolute Gasteiger partial charge is 0.365 e. The van der Waals surface area contributed by atoms with Crippen LogP contribution in [-0.4, -0.2) is 28.0 Å². The van der Waals surface area contributed by atoms with Gasteiger partial charge in [-0.25, -0.2) is 9.87 Å². The Balaban J connectivity index is 2.01. The molecule has 0 fully saturated rings. The third-order valence-electron chi connectivity index (χ3n) is 3.21. The molecule has 0 amide bonds. The molecular formula is C15H19N3O3. The highest BCUT2D eigenvalue weighted by atomic mass is 17.1. The summed E-state index contributed by atoms with van der Waals surface area (Å²) in [5.41, 5.74) is 1.72. The molecular weight excluding hydrogens is 270 g/mol. The number of nitrogens with one attached hydrogen (secondary N) is 1. The Morgan fingerprint density at radius 1 is 1.33 bits per heavy atom. The van der Waals surface area contributed by atoms with Gasteiger partial charge in [0.2, 0.25) is 0 Å². The summed E-state index contributed by atoms with van der Waals surface area (Å²) in [7, 11) is 0. The Bertz CT molecular complexity index is 626. The lowest BCUT2D eigenvalue weighted by atomic mass is 10.1. The van der Waals surface area contributed by atoms with Gasteiger partial charge in [-0.3, -0.25) is 10.1 Å². The van der Waals surface area contributed by atoms with E-state index in [0.29, 0.717) is 12.4 Å². The van der Waals surface area contributed by atoms with E-state index in [1.165, 1.54) is 10.1 Å². The summed E-state index contributed by atoms with van der Waals surface area (Å²) in [6.07, 6.45) is 2.44. The van der Waals surface area contributed by atoms with Crippen LogP contribution in [0.15, 0.2) is 41.3 Å². The zero-order chi connectivity index (χ0) is 15.1. The van der Waals surface area contributed by atoms with Crippen LogP contribution in [-0.2, 0) is 17.9 Å². The molecule has 0 saturated heterocycles. The highest BCUT2D eigenvalue weighted by Gasteiger charge is 2.07. The Kier molecular flexibility index (Phi) is 5.48. The second kappa shape index (κ2) is 7.56. The van der Waals surface area contributed by atoms with Gasteiger partial charge in [-0.1, -0.05) is 30.3 Å². The predicted octanol–water partition coefficient (Wildman–Crippen LogP) is 1.70. The molecule has 0 aliphatic carbocycles. The van der Waals surface area contributed by atoms with Crippen molar-refractivity contribution in [1.82, 2.24) is 9.55 Å². The van der Waals surface area contributed by atoms with Crippen molar-refractivity contribution in [1.29, 1.82) is 0 Å². The molecule has 21 heavy (non-hydrogen) atoms. The van der Waals surface area contributed by atoms with E-state index in [4.69, 9.17) is 5.26 Å². The van der Waals surface area contributed by atoms with E-state index in [0.717, 1.165) is 12.1 Å². The first kappa shape index (κ1) is 15.2. The van der Waals surface area contributed by atoms with Crippen LogP contribution in [0, 0.1) is 6.92 Å². The maximum atomic E-state index is 12.2. The summed E-state index contributed by atoms with van der Waals surface area (Å²) >= 11 is 0. The maximum absolute atomic E-state index is 12.2. The van der Waals surface area contributed by atoms with Crippen molar-refractivity contribution in [2.45, 2.75) is 19.9 Å². The molecule has 0 saturated carbocycles. The summed E-state index contributed by atoms with van der Waals surface area (Å²) in [6.45, 7) is 2.77. The summed E-state index contributed by atoms with van der Waals surface area (Å²) in [6, 6.07) is 10.0. The van der Waals surface area contributed by atoms with E-state index in [2.05, 4.69) is 15.2 Å². The monoisotopic (exact) mass is 289 g/mol. The predicted molar refractivity (Wildman–Crippen MR) is 80.5 cm³/mol. The van der Waals surface area contributed by atoms with Gasteiger partial charge in [0.25, 0.3) is 5.56 Å². The fourth-order valence-corrected chi connectivity index (χ4v) is 2.07. The molecule has 2 N–H and O–H groups in total. The van der Waals surface area contributed by atoms with Crippen LogP contribution in [0.25, 0.3) is 0 Å². The number of hydrogen-bond acceptors (Lipinski definition) is 5. The van der Waals surface area contributed by atoms with Crippen molar-refractivity contribution >= 4 is 5.82 Å². The Hall–Kier alpha value is -2.18. The van der Waals surface area contributed by atoms with Gasteiger partial charge in [0.05, 0.1) is 13.2 Å². The molecule has 0 atom stereocenters. The van der Waals surface area contributed by atoms with Crippen molar-refractivity contribution in [2.24, 2.45) is 0 Å². The van der Waals surface area contributed by atoms with Gasteiger partial charge in [0.15, 0.2) is 5.82 Å². The summed E-state index contributed by atoms with van der Waals surface area (Å²) in [5, 5.41) is 11.5. The highest BCUT2D eigenvalue weighted by molar-refractivity contribution is 5.32. The zero-order valence-corrected chi connectivity index (χ0v) is 12.0. The molecule has 6 nitrogen and oxygen atoms in total. The number of benzene rings is 1. The molecule has 0 aliphatic heterocycles. The van der Waals surface area contributed by atoms with Crippen molar-refractivity contribution in [3.63, 3.8) is 0 Å². The minimum absolute atomic E-state index is 0.0637. The van der Waals surface area contributed by atoms with Crippen molar-refractivity contribution in [3.05, 3.63) is 58.1 Å². The normalized spacial score (nSPS) is 10.6. The second-order valence-electron chi connectivity index (χ2n) is 4.70. The summed E-state index contributed by atoms with van der Waals surface area (Å²) < 4.78 is 1.52. The lowest BCUT2D eigenvalue weighted by Crippen LogP contribution is -2.28. The minimum atomic E-state index is -0.208. The van der Waals surface area contributed by atoms with Crippen LogP contribution in [0.4, 0.5) is 5.82 Å². The number of nitrogens with zero attached hydrogens (tertiary/aromatic N) is 2. The zero-order valence-electron chi connectivity index (χ0n) is 12.0. The summed E-state index contributed by atoms with van der Waals surface area (Å²) in [4.78, 5) is 20.4. The van der Waals surface area contributed by atoms with Crippen LogP contribution < -0.4 is 10.9 Å². The number of rotatable bonds is 7. The number of anilines is 1. The van der Waals surface area contributed by atoms with Crippen LogP contribution in [0.5, 0.6) is 0 Å². The van der Waals surface area contributed by atoms with Gasteiger partial charge in [-0.15, -0.1) is 0 Å². The van der Waals surface area contributed by atoms with Gasteiger partial charge >= 0.3 is 0 Å². The van der Waals surface area contributed by atoms with Crippen molar-refractivity contribution in [3.8, 4) is 0 Å². The van der Waals surface area contributed by atoms with E-state index in [-0.39, 0.29) is 18.7 Å². The van der Waals surface area contributed by atoms with Crippen LogP contribution >= 0.6 is 0 Å². The van der Waals surface area contributed by atoms with Crippen molar-refractivity contribution in [2.75, 3.05) is 18.5 Å². The Morgan fingerprint density at radius 2 is 2.10 bits per heavy atom. The first-order valence-corrected chi connectivity index (χ1v) is 6.83. The van der Waals surface area contributed by atoms with Crippen LogP contribution in [0.3, 0.4) is 0 Å². The molecule has 2 rings (SSSR count). The molecule has 0 radical (unpaired) electrons. The lowest BCUT2D eigenvalue weighted by molar-refractivity contribution is -0.243. The highest BCUT2D eigenvalue weighted by Crippen LogP contribution is 2.02. The fraction of sp³-hybridized carbons (Fsp3) is 0.333.